The summed E-state index contributed by atoms with van der Waals surface area (Å²) in [6, 6.07) is 6.44. The molecule has 0 aliphatic heterocycles. The number of fused-ring (bicyclic) bond motifs is 3. The molecule has 1 heterocycles. The molecule has 1 aromatic heterocycles. The summed E-state index contributed by atoms with van der Waals surface area (Å²) in [5.41, 5.74) is 4.92. The Morgan fingerprint density at radius 1 is 1.26 bits per heavy atom. The van der Waals surface area contributed by atoms with Crippen molar-refractivity contribution in [2.24, 2.45) is 5.92 Å². The van der Waals surface area contributed by atoms with Crippen molar-refractivity contribution < 1.29 is 37.5 Å². The summed E-state index contributed by atoms with van der Waals surface area (Å²) in [6.45, 7) is 6.50. The van der Waals surface area contributed by atoms with E-state index in [1.807, 2.05) is 0 Å². The van der Waals surface area contributed by atoms with Gasteiger partial charge in [-0.2, -0.15) is 0 Å². The zero-order valence-electron chi connectivity index (χ0n) is 11.8. The Kier molecular flexibility index (Phi) is 4.32. The summed E-state index contributed by atoms with van der Waals surface area (Å²) in [5, 5.41) is 1.24. The van der Waals surface area contributed by atoms with Crippen molar-refractivity contribution in [1.82, 2.24) is 4.98 Å². The number of aryl methyl sites for hydroxylation is 1. The molecule has 0 amide bonds. The third-order valence-electron chi connectivity index (χ3n) is 4.33. The number of Topliss-reactive ketones (excluding diaryl/α,β-unsaturated/α-hetero) is 1. The molecular weight excluding hydrogens is 311 g/mol. The van der Waals surface area contributed by atoms with E-state index in [4.69, 9.17) is 0 Å². The fourth-order valence-electron chi connectivity index (χ4n) is 3.05. The Labute approximate surface area is 139 Å². The van der Waals surface area contributed by atoms with Crippen molar-refractivity contribution in [2.45, 2.75) is 39.5 Å². The molecule has 3 heteroatoms. The minimum Gasteiger partial charge on any atom is -0.358 e. The van der Waals surface area contributed by atoms with Gasteiger partial charge in [-0.05, 0) is 36.5 Å². The van der Waals surface area contributed by atoms with Gasteiger partial charge in [0.05, 0.1) is 0 Å². The number of ketones is 1. The van der Waals surface area contributed by atoms with Crippen molar-refractivity contribution >= 4 is 16.7 Å². The predicted octanol–water partition coefficient (Wildman–Crippen LogP) is 3.73. The van der Waals surface area contributed by atoms with Gasteiger partial charge in [-0.15, -0.1) is 0 Å². The summed E-state index contributed by atoms with van der Waals surface area (Å²) >= 11 is 0. The first kappa shape index (κ1) is 14.9. The molecule has 2 nitrogen and oxygen atoms in total. The molecule has 3 rings (SSSR count). The maximum absolute atomic E-state index is 12.0. The molecule has 0 bridgehead atoms. The Morgan fingerprint density at radius 3 is 2.74 bits per heavy atom. The fraction of sp³-hybridized carbons (Fsp3) is 0.438. The van der Waals surface area contributed by atoms with Gasteiger partial charge in [-0.1, -0.05) is 25.5 Å². The summed E-state index contributed by atoms with van der Waals surface area (Å²) < 4.78 is 0. The van der Waals surface area contributed by atoms with Crippen LogP contribution in [-0.4, -0.2) is 10.8 Å². The average Bonchev–Trinajstić information content (AvgIpc) is 2.61. The monoisotopic (exact) mass is 330 g/mol. The number of hydrogen-bond acceptors (Lipinski definition) is 1. The van der Waals surface area contributed by atoms with Crippen LogP contribution in [0.25, 0.3) is 10.9 Å². The summed E-state index contributed by atoms with van der Waals surface area (Å²) in [4.78, 5) is 15.5. The molecule has 0 saturated heterocycles. The number of nitrogens with one attached hydrogen (secondary N) is 1. The Morgan fingerprint density at radius 2 is 2.00 bits per heavy atom. The van der Waals surface area contributed by atoms with Crippen molar-refractivity contribution in [3.63, 3.8) is 0 Å². The molecule has 0 fully saturated rings. The van der Waals surface area contributed by atoms with E-state index in [9.17, 15) is 4.79 Å². The predicted molar refractivity (Wildman–Crippen MR) is 73.9 cm³/mol. The minimum absolute atomic E-state index is 0. The molecule has 1 aliphatic carbocycles. The van der Waals surface area contributed by atoms with Gasteiger partial charge < -0.3 is 4.98 Å². The average molecular weight is 330 g/mol. The van der Waals surface area contributed by atoms with Crippen LogP contribution in [0.15, 0.2) is 18.2 Å². The van der Waals surface area contributed by atoms with Gasteiger partial charge in [-0.3, -0.25) is 4.79 Å². The molecule has 2 atom stereocenters. The van der Waals surface area contributed by atoms with E-state index in [1.54, 1.807) is 0 Å². The van der Waals surface area contributed by atoms with Gasteiger partial charge in [0.1, 0.15) is 5.78 Å². The number of hydrogen-bond donors (Lipinski definition) is 1. The maximum atomic E-state index is 12.0. The van der Waals surface area contributed by atoms with Gasteiger partial charge in [-0.25, -0.2) is 0 Å². The number of aromatic amines is 1. The molecule has 0 spiro atoms. The van der Waals surface area contributed by atoms with E-state index >= 15 is 0 Å². The Bertz CT molecular complexity index is 629. The first-order valence-electron chi connectivity index (χ1n) is 6.69. The quantitative estimate of drug-likeness (QED) is 0.734. The van der Waals surface area contributed by atoms with E-state index in [0.717, 1.165) is 0 Å². The Hall–Kier alpha value is -0.466. The van der Waals surface area contributed by atoms with Crippen LogP contribution >= 0.6 is 0 Å². The van der Waals surface area contributed by atoms with Crippen LogP contribution in [0.4, 0.5) is 0 Å². The van der Waals surface area contributed by atoms with Gasteiger partial charge in [0.2, 0.25) is 0 Å². The van der Waals surface area contributed by atoms with Crippen LogP contribution in [0.1, 0.15) is 43.0 Å². The van der Waals surface area contributed by atoms with Crippen LogP contribution < -0.4 is 0 Å². The van der Waals surface area contributed by atoms with Crippen LogP contribution in [-0.2, 0) is 43.9 Å². The minimum atomic E-state index is 0. The number of carbonyl (C=O) groups is 1. The normalized spacial score (nSPS) is 22.8. The second kappa shape index (κ2) is 5.50. The molecule has 19 heavy (non-hydrogen) atoms. The third-order valence-corrected chi connectivity index (χ3v) is 4.33. The van der Waals surface area contributed by atoms with E-state index < -0.39 is 0 Å². The first-order chi connectivity index (χ1) is 8.56. The summed E-state index contributed by atoms with van der Waals surface area (Å²) in [7, 11) is 0. The number of aromatic nitrogens is 1. The van der Waals surface area contributed by atoms with Crippen LogP contribution in [0.2, 0.25) is 0 Å². The zero-order chi connectivity index (χ0) is 12.9. The standard InChI is InChI=1S/C16H19NO.Y/c1-9-4-5-15-13(6-9)14-8-12(18)7-10(2)11(3)16(14)17-15;/h4-6,10-11,17H,7-8H2,1-3H3;. The smallest absolute Gasteiger partial charge is 0.137 e. The molecule has 0 saturated carbocycles. The zero-order valence-corrected chi connectivity index (χ0v) is 14.6. The molecule has 1 aromatic carbocycles. The second-order valence-electron chi connectivity index (χ2n) is 5.75. The van der Waals surface area contributed by atoms with Gasteiger partial charge in [0, 0.05) is 62.1 Å². The number of rotatable bonds is 0. The molecule has 2 aromatic rings. The van der Waals surface area contributed by atoms with E-state index in [1.165, 1.54) is 27.7 Å². The third kappa shape index (κ3) is 2.58. The van der Waals surface area contributed by atoms with Gasteiger partial charge in [0.15, 0.2) is 0 Å². The maximum Gasteiger partial charge on any atom is 0.137 e. The van der Waals surface area contributed by atoms with Crippen LogP contribution in [0.5, 0.6) is 0 Å². The topological polar surface area (TPSA) is 32.9 Å². The Balaban J connectivity index is 0.00000133. The summed E-state index contributed by atoms with van der Waals surface area (Å²) in [5.74, 6) is 1.22. The molecule has 1 radical (unpaired) electrons. The SMILES string of the molecule is Cc1ccc2[nH]c3c(c2c1)CC(=O)CC(C)C3C.[Y]. The first-order valence-corrected chi connectivity index (χ1v) is 6.69. The van der Waals surface area contributed by atoms with Crippen molar-refractivity contribution in [3.8, 4) is 0 Å². The fourth-order valence-corrected chi connectivity index (χ4v) is 3.05. The van der Waals surface area contributed by atoms with Crippen molar-refractivity contribution in [3.05, 3.63) is 35.0 Å². The molecule has 1 aliphatic rings. The summed E-state index contributed by atoms with van der Waals surface area (Å²) in [6.07, 6.45) is 1.30. The van der Waals surface area contributed by atoms with Crippen LogP contribution in [0.3, 0.4) is 0 Å². The molecular formula is C16H19NOY. The number of benzene rings is 1. The van der Waals surface area contributed by atoms with Crippen molar-refractivity contribution in [1.29, 1.82) is 0 Å². The van der Waals surface area contributed by atoms with Gasteiger partial charge >= 0.3 is 0 Å². The largest absolute Gasteiger partial charge is 0.358 e. The molecule has 1 N–H and O–H groups in total. The van der Waals surface area contributed by atoms with Crippen LogP contribution in [0, 0.1) is 12.8 Å². The van der Waals surface area contributed by atoms with E-state index in [-0.39, 0.29) is 32.7 Å². The number of carbonyl (C=O) groups excluding carboxylic acids is 1. The second-order valence-corrected chi connectivity index (χ2v) is 5.75. The molecule has 2 unspecified atom stereocenters. The van der Waals surface area contributed by atoms with Crippen molar-refractivity contribution in [2.75, 3.05) is 0 Å². The molecule has 97 valence electrons. The number of H-pyrrole nitrogens is 1. The van der Waals surface area contributed by atoms with Gasteiger partial charge in [0.25, 0.3) is 0 Å². The van der Waals surface area contributed by atoms with E-state index in [0.29, 0.717) is 30.5 Å². The van der Waals surface area contributed by atoms with E-state index in [2.05, 4.69) is 44.0 Å².